The van der Waals surface area contributed by atoms with E-state index in [9.17, 15) is 27.9 Å². The van der Waals surface area contributed by atoms with Gasteiger partial charge in [-0.1, -0.05) is 6.07 Å². The number of rotatable bonds is 2. The van der Waals surface area contributed by atoms with Crippen LogP contribution in [0.2, 0.25) is 0 Å². The molecule has 2 aromatic rings. The Labute approximate surface area is 134 Å². The third-order valence-electron chi connectivity index (χ3n) is 3.47. The van der Waals surface area contributed by atoms with Gasteiger partial charge in [0.15, 0.2) is 0 Å². The molecule has 6 nitrogen and oxygen atoms in total. The number of aliphatic imine (C=N–C) groups is 1. The van der Waals surface area contributed by atoms with Gasteiger partial charge in [0.05, 0.1) is 17.0 Å². The van der Waals surface area contributed by atoms with Gasteiger partial charge in [0.2, 0.25) is 5.88 Å². The van der Waals surface area contributed by atoms with Crippen molar-refractivity contribution in [3.8, 4) is 5.88 Å². The summed E-state index contributed by atoms with van der Waals surface area (Å²) in [6.45, 7) is 1.36. The van der Waals surface area contributed by atoms with Gasteiger partial charge < -0.3 is 5.11 Å². The summed E-state index contributed by atoms with van der Waals surface area (Å²) >= 11 is 0. The second-order valence-electron chi connectivity index (χ2n) is 5.15. The van der Waals surface area contributed by atoms with E-state index in [0.717, 1.165) is 21.3 Å². The van der Waals surface area contributed by atoms with Crippen molar-refractivity contribution in [2.75, 3.05) is 0 Å². The normalized spacial score (nSPS) is 12.5. The minimum Gasteiger partial charge on any atom is -0.494 e. The highest BCUT2D eigenvalue weighted by atomic mass is 19.4. The highest BCUT2D eigenvalue weighted by molar-refractivity contribution is 6.01. The third-order valence-corrected chi connectivity index (χ3v) is 3.47. The van der Waals surface area contributed by atoms with Crippen LogP contribution < -0.4 is 11.2 Å². The Hall–Kier alpha value is -2.84. The summed E-state index contributed by atoms with van der Waals surface area (Å²) in [6.07, 6.45) is -4.52. The van der Waals surface area contributed by atoms with E-state index in [1.54, 1.807) is 0 Å². The number of halogens is 3. The van der Waals surface area contributed by atoms with Crippen molar-refractivity contribution >= 4 is 11.4 Å². The van der Waals surface area contributed by atoms with Gasteiger partial charge in [-0.2, -0.15) is 13.2 Å². The molecule has 0 saturated heterocycles. The Balaban J connectivity index is 2.62. The molecule has 1 N–H and O–H groups in total. The lowest BCUT2D eigenvalue weighted by Crippen LogP contribution is -2.39. The number of hydrogen-bond donors (Lipinski definition) is 1. The van der Waals surface area contributed by atoms with Crippen LogP contribution in [0.4, 0.5) is 18.9 Å². The quantitative estimate of drug-likeness (QED) is 0.848. The Morgan fingerprint density at radius 3 is 2.38 bits per heavy atom. The first-order chi connectivity index (χ1) is 11.0. The standard InChI is InChI=1S/C15H14F3N3O3/c1-8(11-12(22)20(2)14(24)21(3)13(11)23)19-10-6-4-5-9(7-10)15(16,17)18/h4-7,22H,1-3H3. The van der Waals surface area contributed by atoms with Crippen molar-refractivity contribution in [3.05, 3.63) is 56.2 Å². The van der Waals surface area contributed by atoms with Gasteiger partial charge in [-0.25, -0.2) is 4.79 Å². The van der Waals surface area contributed by atoms with Crippen molar-refractivity contribution < 1.29 is 18.3 Å². The van der Waals surface area contributed by atoms with Crippen molar-refractivity contribution in [1.29, 1.82) is 0 Å². The molecule has 0 saturated carbocycles. The van der Waals surface area contributed by atoms with Crippen LogP contribution in [0.15, 0.2) is 38.8 Å². The summed E-state index contributed by atoms with van der Waals surface area (Å²) < 4.78 is 39.8. The number of aromatic hydroxyl groups is 1. The minimum absolute atomic E-state index is 0.0111. The van der Waals surface area contributed by atoms with Gasteiger partial charge in [0.1, 0.15) is 5.56 Å². The Bertz CT molecular complexity index is 940. The summed E-state index contributed by atoms with van der Waals surface area (Å²) in [5, 5.41) is 10.0. The van der Waals surface area contributed by atoms with E-state index < -0.39 is 28.9 Å². The number of benzene rings is 1. The molecule has 1 aromatic carbocycles. The topological polar surface area (TPSA) is 76.6 Å². The van der Waals surface area contributed by atoms with Crippen LogP contribution >= 0.6 is 0 Å². The highest BCUT2D eigenvalue weighted by Gasteiger charge is 2.30. The summed E-state index contributed by atoms with van der Waals surface area (Å²) in [4.78, 5) is 27.8. The first kappa shape index (κ1) is 17.5. The molecule has 0 atom stereocenters. The number of aromatic nitrogens is 2. The Morgan fingerprint density at radius 2 is 1.79 bits per heavy atom. The molecule has 24 heavy (non-hydrogen) atoms. The summed E-state index contributed by atoms with van der Waals surface area (Å²) in [6, 6.07) is 4.25. The molecule has 0 unspecified atom stereocenters. The minimum atomic E-state index is -4.52. The van der Waals surface area contributed by atoms with Gasteiger partial charge in [-0.15, -0.1) is 0 Å². The first-order valence-electron chi connectivity index (χ1n) is 6.76. The van der Waals surface area contributed by atoms with Gasteiger partial charge in [0, 0.05) is 14.1 Å². The van der Waals surface area contributed by atoms with Crippen LogP contribution in [0, 0.1) is 0 Å². The molecule has 0 aliphatic rings. The van der Waals surface area contributed by atoms with Crippen LogP contribution in [0.3, 0.4) is 0 Å². The van der Waals surface area contributed by atoms with Crippen LogP contribution in [-0.2, 0) is 20.3 Å². The Kier molecular flexibility index (Phi) is 4.37. The molecule has 9 heteroatoms. The lowest BCUT2D eigenvalue weighted by atomic mass is 10.1. The van der Waals surface area contributed by atoms with E-state index in [1.807, 2.05) is 0 Å². The van der Waals surface area contributed by atoms with Crippen molar-refractivity contribution in [1.82, 2.24) is 9.13 Å². The lowest BCUT2D eigenvalue weighted by Gasteiger charge is -2.10. The van der Waals surface area contributed by atoms with Gasteiger partial charge in [-0.3, -0.25) is 18.9 Å². The van der Waals surface area contributed by atoms with Crippen LogP contribution in [0.1, 0.15) is 18.1 Å². The second-order valence-corrected chi connectivity index (χ2v) is 5.15. The molecule has 0 bridgehead atoms. The maximum atomic E-state index is 12.7. The zero-order chi connectivity index (χ0) is 18.2. The van der Waals surface area contributed by atoms with E-state index in [1.165, 1.54) is 33.2 Å². The van der Waals surface area contributed by atoms with E-state index in [0.29, 0.717) is 0 Å². The van der Waals surface area contributed by atoms with Crippen LogP contribution in [0.5, 0.6) is 5.88 Å². The highest BCUT2D eigenvalue weighted by Crippen LogP contribution is 2.31. The molecular weight excluding hydrogens is 327 g/mol. The maximum Gasteiger partial charge on any atom is 0.416 e. The average molecular weight is 341 g/mol. The molecule has 2 rings (SSSR count). The molecule has 0 spiro atoms. The predicted octanol–water partition coefficient (Wildman–Crippen LogP) is 1.95. The third kappa shape index (κ3) is 3.10. The maximum absolute atomic E-state index is 12.7. The molecule has 0 fully saturated rings. The van der Waals surface area contributed by atoms with E-state index in [4.69, 9.17) is 0 Å². The monoisotopic (exact) mass is 341 g/mol. The lowest BCUT2D eigenvalue weighted by molar-refractivity contribution is -0.137. The largest absolute Gasteiger partial charge is 0.494 e. The van der Waals surface area contributed by atoms with Crippen LogP contribution in [-0.4, -0.2) is 20.0 Å². The van der Waals surface area contributed by atoms with Gasteiger partial charge in [-0.05, 0) is 25.1 Å². The summed E-state index contributed by atoms with van der Waals surface area (Å²) in [7, 11) is 2.49. The fourth-order valence-electron chi connectivity index (χ4n) is 2.15. The zero-order valence-corrected chi connectivity index (χ0v) is 13.0. The molecule has 1 aromatic heterocycles. The Morgan fingerprint density at radius 1 is 1.17 bits per heavy atom. The average Bonchev–Trinajstić information content (AvgIpc) is 2.50. The second kappa shape index (κ2) is 5.99. The number of nitrogens with zero attached hydrogens (tertiary/aromatic N) is 3. The van der Waals surface area contributed by atoms with E-state index in [2.05, 4.69) is 4.99 Å². The summed E-state index contributed by atoms with van der Waals surface area (Å²) in [5.74, 6) is -0.601. The molecule has 0 aliphatic carbocycles. The smallest absolute Gasteiger partial charge is 0.416 e. The van der Waals surface area contributed by atoms with Crippen molar-refractivity contribution in [2.45, 2.75) is 13.1 Å². The van der Waals surface area contributed by atoms with E-state index >= 15 is 0 Å². The molecule has 0 amide bonds. The van der Waals surface area contributed by atoms with Gasteiger partial charge >= 0.3 is 11.9 Å². The molecular formula is C15H14F3N3O3. The number of alkyl halides is 3. The van der Waals surface area contributed by atoms with E-state index in [-0.39, 0.29) is 17.0 Å². The fourth-order valence-corrected chi connectivity index (χ4v) is 2.15. The number of hydrogen-bond acceptors (Lipinski definition) is 4. The first-order valence-corrected chi connectivity index (χ1v) is 6.76. The molecule has 0 aliphatic heterocycles. The molecule has 0 radical (unpaired) electrons. The SMILES string of the molecule is CC(=Nc1cccc(C(F)(F)F)c1)c1c(O)n(C)c(=O)n(C)c1=O. The van der Waals surface area contributed by atoms with Crippen molar-refractivity contribution in [2.24, 2.45) is 19.1 Å². The zero-order valence-electron chi connectivity index (χ0n) is 13.0. The van der Waals surface area contributed by atoms with Crippen LogP contribution in [0.25, 0.3) is 0 Å². The summed E-state index contributed by atoms with van der Waals surface area (Å²) in [5.41, 5.74) is -2.69. The molecule has 128 valence electrons. The predicted molar refractivity (Wildman–Crippen MR) is 81.9 cm³/mol. The molecule has 1 heterocycles. The van der Waals surface area contributed by atoms with Gasteiger partial charge in [0.25, 0.3) is 5.56 Å². The fraction of sp³-hybridized carbons (Fsp3) is 0.267. The van der Waals surface area contributed by atoms with Crippen molar-refractivity contribution in [3.63, 3.8) is 0 Å².